The Morgan fingerprint density at radius 3 is 3.06 bits per heavy atom. The van der Waals surface area contributed by atoms with E-state index in [2.05, 4.69) is 9.68 Å². The third-order valence-electron chi connectivity index (χ3n) is 2.82. The molecular weight excluding hydrogens is 208 g/mol. The van der Waals surface area contributed by atoms with E-state index < -0.39 is 0 Å². The third kappa shape index (κ3) is 2.13. The van der Waals surface area contributed by atoms with Gasteiger partial charge in [-0.2, -0.15) is 0 Å². The first-order valence-corrected chi connectivity index (χ1v) is 5.39. The molecule has 86 valence electrons. The van der Waals surface area contributed by atoms with Gasteiger partial charge >= 0.3 is 0 Å². The number of amides is 1. The molecule has 0 aromatic carbocycles. The summed E-state index contributed by atoms with van der Waals surface area (Å²) < 4.78 is 4.65. The lowest BCUT2D eigenvalue weighted by atomic mass is 10.1. The van der Waals surface area contributed by atoms with Crippen molar-refractivity contribution < 1.29 is 14.1 Å². The Morgan fingerprint density at radius 1 is 1.62 bits per heavy atom. The van der Waals surface area contributed by atoms with Crippen LogP contribution in [0.25, 0.3) is 0 Å². The molecular formula is C11H14N2O3. The Balaban J connectivity index is 2.08. The van der Waals surface area contributed by atoms with Gasteiger partial charge in [0.1, 0.15) is 12.0 Å². The summed E-state index contributed by atoms with van der Waals surface area (Å²) in [6, 6.07) is 1.58. The fourth-order valence-corrected chi connectivity index (χ4v) is 2.12. The first-order valence-electron chi connectivity index (χ1n) is 5.39. The van der Waals surface area contributed by atoms with Crippen molar-refractivity contribution in [2.75, 3.05) is 6.54 Å². The zero-order valence-corrected chi connectivity index (χ0v) is 9.18. The highest BCUT2D eigenvalue weighted by atomic mass is 16.5. The minimum absolute atomic E-state index is 0.0294. The van der Waals surface area contributed by atoms with Gasteiger partial charge in [-0.15, -0.1) is 0 Å². The molecule has 1 fully saturated rings. The van der Waals surface area contributed by atoms with Gasteiger partial charge in [-0.1, -0.05) is 5.16 Å². The SMILES string of the molecule is CC(=O)CC1CCCN1C(=O)c1ccon1. The van der Waals surface area contributed by atoms with Crippen LogP contribution in [0.2, 0.25) is 0 Å². The second kappa shape index (κ2) is 4.47. The van der Waals surface area contributed by atoms with E-state index >= 15 is 0 Å². The number of nitrogens with zero attached hydrogens (tertiary/aromatic N) is 2. The van der Waals surface area contributed by atoms with E-state index in [1.165, 1.54) is 6.26 Å². The van der Waals surface area contributed by atoms with Gasteiger partial charge in [0, 0.05) is 25.1 Å². The zero-order valence-electron chi connectivity index (χ0n) is 9.18. The van der Waals surface area contributed by atoms with Crippen molar-refractivity contribution in [3.63, 3.8) is 0 Å². The van der Waals surface area contributed by atoms with E-state index in [1.807, 2.05) is 0 Å². The van der Waals surface area contributed by atoms with Crippen molar-refractivity contribution in [2.45, 2.75) is 32.2 Å². The molecule has 1 unspecified atom stereocenters. The Bertz CT molecular complexity index is 386. The molecule has 1 aliphatic heterocycles. The Hall–Kier alpha value is -1.65. The van der Waals surface area contributed by atoms with Gasteiger partial charge in [-0.05, 0) is 19.8 Å². The van der Waals surface area contributed by atoms with Crippen LogP contribution in [0.1, 0.15) is 36.7 Å². The number of carbonyl (C=O) groups is 2. The number of ketones is 1. The van der Waals surface area contributed by atoms with Crippen LogP contribution in [0.3, 0.4) is 0 Å². The van der Waals surface area contributed by atoms with E-state index in [9.17, 15) is 9.59 Å². The molecule has 0 aliphatic carbocycles. The lowest BCUT2D eigenvalue weighted by molar-refractivity contribution is -0.117. The monoisotopic (exact) mass is 222 g/mol. The summed E-state index contributed by atoms with van der Waals surface area (Å²) in [7, 11) is 0. The van der Waals surface area contributed by atoms with Crippen LogP contribution in [-0.2, 0) is 4.79 Å². The molecule has 1 aromatic heterocycles. The van der Waals surface area contributed by atoms with Gasteiger partial charge in [0.25, 0.3) is 5.91 Å². The first kappa shape index (κ1) is 10.9. The van der Waals surface area contributed by atoms with Crippen molar-refractivity contribution in [3.05, 3.63) is 18.0 Å². The molecule has 0 bridgehead atoms. The molecule has 2 rings (SSSR count). The lowest BCUT2D eigenvalue weighted by Crippen LogP contribution is -2.36. The molecule has 2 heterocycles. The van der Waals surface area contributed by atoms with Gasteiger partial charge in [0.15, 0.2) is 5.69 Å². The molecule has 1 atom stereocenters. The Kier molecular flexibility index (Phi) is 3.03. The number of hydrogen-bond donors (Lipinski definition) is 0. The summed E-state index contributed by atoms with van der Waals surface area (Å²) >= 11 is 0. The van der Waals surface area contributed by atoms with Gasteiger partial charge in [0.2, 0.25) is 0 Å². The van der Waals surface area contributed by atoms with Crippen molar-refractivity contribution in [1.82, 2.24) is 10.1 Å². The Morgan fingerprint density at radius 2 is 2.44 bits per heavy atom. The Labute approximate surface area is 93.4 Å². The molecule has 1 aromatic rings. The van der Waals surface area contributed by atoms with Crippen molar-refractivity contribution in [2.24, 2.45) is 0 Å². The molecule has 0 N–H and O–H groups in total. The quantitative estimate of drug-likeness (QED) is 0.772. The number of carbonyl (C=O) groups excluding carboxylic acids is 2. The highest BCUT2D eigenvalue weighted by Gasteiger charge is 2.31. The normalized spacial score (nSPS) is 20.1. The van der Waals surface area contributed by atoms with Crippen LogP contribution in [-0.4, -0.2) is 34.3 Å². The number of aromatic nitrogens is 1. The minimum Gasteiger partial charge on any atom is -0.364 e. The van der Waals surface area contributed by atoms with Gasteiger partial charge in [-0.25, -0.2) is 0 Å². The molecule has 5 heteroatoms. The maximum Gasteiger partial charge on any atom is 0.276 e. The summed E-state index contributed by atoms with van der Waals surface area (Å²) in [6.07, 6.45) is 3.65. The molecule has 1 aliphatic rings. The van der Waals surface area contributed by atoms with Gasteiger partial charge in [-0.3, -0.25) is 9.59 Å². The average Bonchev–Trinajstić information content (AvgIpc) is 2.84. The van der Waals surface area contributed by atoms with E-state index in [0.717, 1.165) is 12.8 Å². The zero-order chi connectivity index (χ0) is 11.5. The first-order chi connectivity index (χ1) is 7.68. The van der Waals surface area contributed by atoms with Crippen LogP contribution in [0.15, 0.2) is 16.9 Å². The lowest BCUT2D eigenvalue weighted by Gasteiger charge is -2.22. The fraction of sp³-hybridized carbons (Fsp3) is 0.545. The maximum atomic E-state index is 12.0. The van der Waals surface area contributed by atoms with Gasteiger partial charge in [0.05, 0.1) is 0 Å². The predicted molar refractivity (Wildman–Crippen MR) is 55.9 cm³/mol. The second-order valence-electron chi connectivity index (χ2n) is 4.09. The number of rotatable bonds is 3. The van der Waals surface area contributed by atoms with Crippen LogP contribution in [0, 0.1) is 0 Å². The van der Waals surface area contributed by atoms with Crippen LogP contribution < -0.4 is 0 Å². The topological polar surface area (TPSA) is 63.4 Å². The molecule has 0 spiro atoms. The molecule has 5 nitrogen and oxygen atoms in total. The van der Waals surface area contributed by atoms with Crippen molar-refractivity contribution in [3.8, 4) is 0 Å². The summed E-state index contributed by atoms with van der Waals surface area (Å²) in [5.74, 6) is -0.0256. The number of hydrogen-bond acceptors (Lipinski definition) is 4. The molecule has 1 saturated heterocycles. The summed E-state index contributed by atoms with van der Waals surface area (Å²) in [4.78, 5) is 24.8. The maximum absolute atomic E-state index is 12.0. The summed E-state index contributed by atoms with van der Waals surface area (Å²) in [5, 5.41) is 3.62. The van der Waals surface area contributed by atoms with Crippen LogP contribution >= 0.6 is 0 Å². The molecule has 16 heavy (non-hydrogen) atoms. The van der Waals surface area contributed by atoms with Crippen molar-refractivity contribution >= 4 is 11.7 Å². The van der Waals surface area contributed by atoms with E-state index in [4.69, 9.17) is 0 Å². The standard InChI is InChI=1S/C11H14N2O3/c1-8(14)7-9-3-2-5-13(9)11(15)10-4-6-16-12-10/h4,6,9H,2-3,5,7H2,1H3. The number of Topliss-reactive ketones (excluding diaryl/α,β-unsaturated/α-hetero) is 1. The predicted octanol–water partition coefficient (Wildman–Crippen LogP) is 1.26. The average molecular weight is 222 g/mol. The smallest absolute Gasteiger partial charge is 0.276 e. The summed E-state index contributed by atoms with van der Waals surface area (Å²) in [6.45, 7) is 2.25. The highest BCUT2D eigenvalue weighted by Crippen LogP contribution is 2.22. The largest absolute Gasteiger partial charge is 0.364 e. The fourth-order valence-electron chi connectivity index (χ4n) is 2.12. The van der Waals surface area contributed by atoms with E-state index in [-0.39, 0.29) is 17.7 Å². The molecule has 0 radical (unpaired) electrons. The minimum atomic E-state index is -0.141. The summed E-state index contributed by atoms with van der Waals surface area (Å²) in [5.41, 5.74) is 0.315. The molecule has 0 saturated carbocycles. The van der Waals surface area contributed by atoms with Crippen LogP contribution in [0.4, 0.5) is 0 Å². The van der Waals surface area contributed by atoms with Crippen molar-refractivity contribution in [1.29, 1.82) is 0 Å². The molecule has 1 amide bonds. The van der Waals surface area contributed by atoms with Gasteiger partial charge < -0.3 is 9.42 Å². The second-order valence-corrected chi connectivity index (χ2v) is 4.09. The highest BCUT2D eigenvalue weighted by molar-refractivity contribution is 5.92. The van der Waals surface area contributed by atoms with E-state index in [1.54, 1.807) is 17.9 Å². The number of likely N-dealkylation sites (tertiary alicyclic amines) is 1. The van der Waals surface area contributed by atoms with Crippen LogP contribution in [0.5, 0.6) is 0 Å². The van der Waals surface area contributed by atoms with E-state index in [0.29, 0.717) is 18.7 Å². The third-order valence-corrected chi connectivity index (χ3v) is 2.82.